The summed E-state index contributed by atoms with van der Waals surface area (Å²) in [7, 11) is -1.86. The van der Waals surface area contributed by atoms with E-state index in [1.54, 1.807) is 7.11 Å². The maximum absolute atomic E-state index is 13.0. The molecule has 3 aromatic rings. The quantitative estimate of drug-likeness (QED) is 0.629. The molecule has 1 aliphatic heterocycles. The zero-order valence-corrected chi connectivity index (χ0v) is 19.4. The SMILES string of the molecule is COc1c(N2CCOC[C@H]2C)nc(-c2cccc3[nH]ccc23)nc1C1(S(C)(=O)=O)CCC1. The van der Waals surface area contributed by atoms with Gasteiger partial charge in [0.25, 0.3) is 0 Å². The minimum atomic E-state index is -3.42. The molecule has 2 fully saturated rings. The van der Waals surface area contributed by atoms with Crippen molar-refractivity contribution in [3.8, 4) is 17.1 Å². The second kappa shape index (κ2) is 7.74. The molecule has 8 nitrogen and oxygen atoms in total. The zero-order chi connectivity index (χ0) is 22.5. The second-order valence-corrected chi connectivity index (χ2v) is 11.1. The van der Waals surface area contributed by atoms with Gasteiger partial charge in [-0.2, -0.15) is 0 Å². The van der Waals surface area contributed by atoms with E-state index in [0.717, 1.165) is 22.9 Å². The summed E-state index contributed by atoms with van der Waals surface area (Å²) in [6, 6.07) is 7.99. The third-order valence-electron chi connectivity index (χ3n) is 6.83. The lowest BCUT2D eigenvalue weighted by atomic mass is 9.81. The number of hydrogen-bond donors (Lipinski definition) is 1. The van der Waals surface area contributed by atoms with Crippen LogP contribution in [0.1, 0.15) is 31.9 Å². The minimum Gasteiger partial charge on any atom is -0.491 e. The van der Waals surface area contributed by atoms with Crippen LogP contribution < -0.4 is 9.64 Å². The van der Waals surface area contributed by atoms with Crippen molar-refractivity contribution < 1.29 is 17.9 Å². The number of aromatic nitrogens is 3. The number of nitrogens with one attached hydrogen (secondary N) is 1. The minimum absolute atomic E-state index is 0.0758. The smallest absolute Gasteiger partial charge is 0.184 e. The van der Waals surface area contributed by atoms with Crippen LogP contribution in [0.5, 0.6) is 5.75 Å². The molecule has 3 heterocycles. The lowest BCUT2D eigenvalue weighted by Crippen LogP contribution is -2.46. The number of nitrogens with zero attached hydrogens (tertiary/aromatic N) is 3. The van der Waals surface area contributed by atoms with Crippen LogP contribution in [-0.4, -0.2) is 62.5 Å². The third-order valence-corrected chi connectivity index (χ3v) is 8.85. The van der Waals surface area contributed by atoms with Crippen molar-refractivity contribution >= 4 is 26.6 Å². The van der Waals surface area contributed by atoms with Crippen LogP contribution >= 0.6 is 0 Å². The fourth-order valence-electron chi connectivity index (χ4n) is 4.85. The molecule has 0 radical (unpaired) electrons. The monoisotopic (exact) mass is 456 g/mol. The van der Waals surface area contributed by atoms with Crippen LogP contribution in [0.15, 0.2) is 30.5 Å². The lowest BCUT2D eigenvalue weighted by Gasteiger charge is -2.41. The van der Waals surface area contributed by atoms with Gasteiger partial charge in [-0.05, 0) is 38.3 Å². The van der Waals surface area contributed by atoms with Gasteiger partial charge in [-0.1, -0.05) is 12.1 Å². The molecule has 1 saturated carbocycles. The van der Waals surface area contributed by atoms with E-state index in [4.69, 9.17) is 19.4 Å². The number of rotatable bonds is 5. The van der Waals surface area contributed by atoms with Crippen molar-refractivity contribution in [3.63, 3.8) is 0 Å². The summed E-state index contributed by atoms with van der Waals surface area (Å²) in [6.45, 7) is 3.87. The van der Waals surface area contributed by atoms with Gasteiger partial charge in [0.05, 0.1) is 26.4 Å². The highest BCUT2D eigenvalue weighted by atomic mass is 32.2. The average molecular weight is 457 g/mol. The number of aromatic amines is 1. The molecule has 0 amide bonds. The summed E-state index contributed by atoms with van der Waals surface area (Å²) < 4.78 is 36.5. The number of H-pyrrole nitrogens is 1. The molecule has 1 aromatic carbocycles. The van der Waals surface area contributed by atoms with E-state index < -0.39 is 14.6 Å². The first-order chi connectivity index (χ1) is 15.4. The molecule has 2 aromatic heterocycles. The molecular formula is C23H28N4O4S. The van der Waals surface area contributed by atoms with Crippen molar-refractivity contribution in [2.45, 2.75) is 37.0 Å². The van der Waals surface area contributed by atoms with Crippen LogP contribution in [0.4, 0.5) is 5.82 Å². The Kier molecular flexibility index (Phi) is 5.13. The molecule has 0 bridgehead atoms. The Morgan fingerprint density at radius 3 is 2.72 bits per heavy atom. The summed E-state index contributed by atoms with van der Waals surface area (Å²) in [5.74, 6) is 1.59. The first-order valence-electron chi connectivity index (χ1n) is 10.9. The average Bonchev–Trinajstić information content (AvgIpc) is 3.20. The molecular weight excluding hydrogens is 428 g/mol. The van der Waals surface area contributed by atoms with Crippen molar-refractivity contribution in [1.29, 1.82) is 0 Å². The van der Waals surface area contributed by atoms with E-state index in [0.29, 0.717) is 55.7 Å². The molecule has 1 atom stereocenters. The van der Waals surface area contributed by atoms with Gasteiger partial charge in [-0.3, -0.25) is 0 Å². The molecule has 170 valence electrons. The standard InChI is InChI=1S/C23H28N4O4S/c1-15-14-31-13-12-27(15)22-19(30-2)20(23(9-5-10-23)32(3,28)29)25-21(26-22)17-6-4-7-18-16(17)8-11-24-18/h4,6-8,11,15,24H,5,9-10,12-14H2,1-3H3/t15-/m1/s1. The molecule has 1 aliphatic carbocycles. The van der Waals surface area contributed by atoms with E-state index in [-0.39, 0.29) is 6.04 Å². The maximum Gasteiger partial charge on any atom is 0.184 e. The van der Waals surface area contributed by atoms with Gasteiger partial charge >= 0.3 is 0 Å². The highest BCUT2D eigenvalue weighted by Crippen LogP contribution is 2.52. The maximum atomic E-state index is 13.0. The van der Waals surface area contributed by atoms with Gasteiger partial charge in [0, 0.05) is 35.5 Å². The third kappa shape index (κ3) is 3.17. The zero-order valence-electron chi connectivity index (χ0n) is 18.6. The number of sulfone groups is 1. The summed E-state index contributed by atoms with van der Waals surface area (Å²) in [5, 5.41) is 0.992. The summed E-state index contributed by atoms with van der Waals surface area (Å²) in [6.07, 6.45) is 5.09. The van der Waals surface area contributed by atoms with Crippen molar-refractivity contribution in [2.75, 3.05) is 38.0 Å². The van der Waals surface area contributed by atoms with Gasteiger partial charge in [0.15, 0.2) is 27.2 Å². The molecule has 0 spiro atoms. The van der Waals surface area contributed by atoms with Gasteiger partial charge < -0.3 is 19.4 Å². The van der Waals surface area contributed by atoms with Crippen LogP contribution in [0.2, 0.25) is 0 Å². The van der Waals surface area contributed by atoms with Crippen LogP contribution in [0, 0.1) is 0 Å². The summed E-state index contributed by atoms with van der Waals surface area (Å²) in [5.41, 5.74) is 2.31. The van der Waals surface area contributed by atoms with Crippen molar-refractivity contribution in [1.82, 2.24) is 15.0 Å². The Balaban J connectivity index is 1.81. The summed E-state index contributed by atoms with van der Waals surface area (Å²) in [4.78, 5) is 15.2. The fourth-order valence-corrected chi connectivity index (χ4v) is 6.37. The summed E-state index contributed by atoms with van der Waals surface area (Å²) >= 11 is 0. The number of fused-ring (bicyclic) bond motifs is 1. The first-order valence-corrected chi connectivity index (χ1v) is 12.8. The van der Waals surface area contributed by atoms with Gasteiger partial charge in [0.1, 0.15) is 10.4 Å². The van der Waals surface area contributed by atoms with Gasteiger partial charge in [-0.15, -0.1) is 0 Å². The van der Waals surface area contributed by atoms with Gasteiger partial charge in [0.2, 0.25) is 0 Å². The Morgan fingerprint density at radius 1 is 1.25 bits per heavy atom. The lowest BCUT2D eigenvalue weighted by molar-refractivity contribution is 0.0981. The number of benzene rings is 1. The Bertz CT molecular complexity index is 1270. The number of ether oxygens (including phenoxy) is 2. The van der Waals surface area contributed by atoms with E-state index in [9.17, 15) is 8.42 Å². The highest BCUT2D eigenvalue weighted by molar-refractivity contribution is 7.91. The first kappa shape index (κ1) is 21.2. The number of morpholine rings is 1. The van der Waals surface area contributed by atoms with Crippen LogP contribution in [0.25, 0.3) is 22.3 Å². The molecule has 9 heteroatoms. The second-order valence-electron chi connectivity index (χ2n) is 8.73. The Hall–Kier alpha value is -2.65. The Morgan fingerprint density at radius 2 is 2.06 bits per heavy atom. The van der Waals surface area contributed by atoms with Gasteiger partial charge in [-0.25, -0.2) is 18.4 Å². The van der Waals surface area contributed by atoms with Crippen molar-refractivity contribution in [3.05, 3.63) is 36.2 Å². The molecule has 2 aliphatic rings. The largest absolute Gasteiger partial charge is 0.491 e. The topological polar surface area (TPSA) is 97.4 Å². The molecule has 0 unspecified atom stereocenters. The van der Waals surface area contributed by atoms with E-state index in [1.807, 2.05) is 30.5 Å². The molecule has 5 rings (SSSR count). The highest BCUT2D eigenvalue weighted by Gasteiger charge is 2.52. The Labute approximate surface area is 187 Å². The number of hydrogen-bond acceptors (Lipinski definition) is 7. The predicted molar refractivity (Wildman–Crippen MR) is 124 cm³/mol. The van der Waals surface area contributed by atoms with E-state index in [1.165, 1.54) is 6.26 Å². The van der Waals surface area contributed by atoms with E-state index in [2.05, 4.69) is 16.8 Å². The number of methoxy groups -OCH3 is 1. The number of anilines is 1. The normalized spacial score (nSPS) is 20.8. The predicted octanol–water partition coefficient (Wildman–Crippen LogP) is 3.28. The van der Waals surface area contributed by atoms with E-state index >= 15 is 0 Å². The fraction of sp³-hybridized carbons (Fsp3) is 0.478. The molecule has 32 heavy (non-hydrogen) atoms. The van der Waals surface area contributed by atoms with Crippen LogP contribution in [-0.2, 0) is 19.3 Å². The van der Waals surface area contributed by atoms with Crippen molar-refractivity contribution in [2.24, 2.45) is 0 Å². The molecule has 1 saturated heterocycles. The van der Waals surface area contributed by atoms with Crippen LogP contribution in [0.3, 0.4) is 0 Å². The molecule has 1 N–H and O–H groups in total.